The van der Waals surface area contributed by atoms with Gasteiger partial charge >= 0.3 is 0 Å². The second-order valence-electron chi connectivity index (χ2n) is 5.20. The van der Waals surface area contributed by atoms with E-state index in [0.717, 1.165) is 22.5 Å². The normalized spacial score (nSPS) is 11.1. The zero-order valence-corrected chi connectivity index (χ0v) is 11.7. The fraction of sp³-hybridized carbons (Fsp3) is 0.0556. The van der Waals surface area contributed by atoms with Crippen LogP contribution in [0.3, 0.4) is 0 Å². The Balaban J connectivity index is 1.93. The molecule has 1 N–H and O–H groups in total. The van der Waals surface area contributed by atoms with Crippen LogP contribution in [0.2, 0.25) is 0 Å². The molecule has 2 heterocycles. The molecule has 0 amide bonds. The van der Waals surface area contributed by atoms with Crippen molar-refractivity contribution in [1.29, 1.82) is 0 Å². The van der Waals surface area contributed by atoms with Crippen LogP contribution in [-0.4, -0.2) is 14.5 Å². The standard InChI is InChI=1S/C18H15N3/c1-21-12-20-17(13-5-3-2-4-6-13)18(21)15-7-8-16-14(11-15)9-10-19-16/h2-12,19H,1H3. The second-order valence-corrected chi connectivity index (χ2v) is 5.20. The molecule has 4 rings (SSSR count). The predicted molar refractivity (Wildman–Crippen MR) is 85.9 cm³/mol. The van der Waals surface area contributed by atoms with Crippen molar-refractivity contribution in [2.24, 2.45) is 7.05 Å². The van der Waals surface area contributed by atoms with Crippen LogP contribution >= 0.6 is 0 Å². The summed E-state index contributed by atoms with van der Waals surface area (Å²) in [6.07, 6.45) is 3.84. The molecule has 0 aliphatic rings. The number of nitrogens with zero attached hydrogens (tertiary/aromatic N) is 2. The van der Waals surface area contributed by atoms with Crippen molar-refractivity contribution < 1.29 is 0 Å². The Kier molecular flexibility index (Phi) is 2.64. The molecule has 3 heteroatoms. The van der Waals surface area contributed by atoms with E-state index in [0.29, 0.717) is 0 Å². The van der Waals surface area contributed by atoms with Crippen molar-refractivity contribution in [2.75, 3.05) is 0 Å². The first kappa shape index (κ1) is 12.0. The molecule has 102 valence electrons. The molecule has 0 saturated carbocycles. The Morgan fingerprint density at radius 2 is 1.81 bits per heavy atom. The Bertz CT molecular complexity index is 901. The maximum atomic E-state index is 4.59. The molecule has 0 fully saturated rings. The van der Waals surface area contributed by atoms with Gasteiger partial charge in [-0.25, -0.2) is 4.98 Å². The van der Waals surface area contributed by atoms with Gasteiger partial charge in [-0.1, -0.05) is 36.4 Å². The number of hydrogen-bond acceptors (Lipinski definition) is 1. The van der Waals surface area contributed by atoms with Crippen molar-refractivity contribution in [3.8, 4) is 22.5 Å². The highest BCUT2D eigenvalue weighted by molar-refractivity contribution is 5.87. The van der Waals surface area contributed by atoms with Gasteiger partial charge in [0.15, 0.2) is 0 Å². The lowest BCUT2D eigenvalue weighted by molar-refractivity contribution is 0.922. The average molecular weight is 273 g/mol. The van der Waals surface area contributed by atoms with E-state index in [1.165, 1.54) is 10.9 Å². The van der Waals surface area contributed by atoms with Gasteiger partial charge in [0, 0.05) is 35.3 Å². The summed E-state index contributed by atoms with van der Waals surface area (Å²) in [5.74, 6) is 0. The first-order chi connectivity index (χ1) is 10.3. The molecule has 0 unspecified atom stereocenters. The number of imidazole rings is 1. The summed E-state index contributed by atoms with van der Waals surface area (Å²) in [5, 5.41) is 1.22. The number of aromatic amines is 1. The summed E-state index contributed by atoms with van der Waals surface area (Å²) in [5.41, 5.74) is 5.64. The van der Waals surface area contributed by atoms with Crippen LogP contribution in [0.15, 0.2) is 67.1 Å². The van der Waals surface area contributed by atoms with Crippen LogP contribution in [0, 0.1) is 0 Å². The predicted octanol–water partition coefficient (Wildman–Crippen LogP) is 4.24. The SMILES string of the molecule is Cn1cnc(-c2ccccc2)c1-c1ccc2[nH]ccc2c1. The van der Waals surface area contributed by atoms with Crippen molar-refractivity contribution >= 4 is 10.9 Å². The van der Waals surface area contributed by atoms with E-state index >= 15 is 0 Å². The van der Waals surface area contributed by atoms with Gasteiger partial charge in [-0.15, -0.1) is 0 Å². The van der Waals surface area contributed by atoms with Gasteiger partial charge in [-0.3, -0.25) is 0 Å². The number of aryl methyl sites for hydroxylation is 1. The molecule has 2 aromatic heterocycles. The molecule has 0 radical (unpaired) electrons. The minimum Gasteiger partial charge on any atom is -0.361 e. The number of nitrogens with one attached hydrogen (secondary N) is 1. The first-order valence-corrected chi connectivity index (χ1v) is 6.97. The Morgan fingerprint density at radius 3 is 2.67 bits per heavy atom. The molecule has 4 aromatic rings. The van der Waals surface area contributed by atoms with Crippen molar-refractivity contribution in [3.63, 3.8) is 0 Å². The second kappa shape index (κ2) is 4.63. The fourth-order valence-electron chi connectivity index (χ4n) is 2.78. The van der Waals surface area contributed by atoms with E-state index in [9.17, 15) is 0 Å². The van der Waals surface area contributed by atoms with E-state index in [2.05, 4.69) is 50.9 Å². The molecule has 2 aromatic carbocycles. The molecule has 0 bridgehead atoms. The lowest BCUT2D eigenvalue weighted by atomic mass is 10.0. The van der Waals surface area contributed by atoms with E-state index in [-0.39, 0.29) is 0 Å². The van der Waals surface area contributed by atoms with Gasteiger partial charge < -0.3 is 9.55 Å². The third-order valence-electron chi connectivity index (χ3n) is 3.81. The fourth-order valence-corrected chi connectivity index (χ4v) is 2.78. The summed E-state index contributed by atoms with van der Waals surface area (Å²) >= 11 is 0. The molecule has 0 aliphatic carbocycles. The van der Waals surface area contributed by atoms with Gasteiger partial charge in [-0.05, 0) is 18.2 Å². The highest BCUT2D eigenvalue weighted by Crippen LogP contribution is 2.32. The number of rotatable bonds is 2. The Hall–Kier alpha value is -2.81. The molecular weight excluding hydrogens is 258 g/mol. The van der Waals surface area contributed by atoms with Crippen LogP contribution in [0.5, 0.6) is 0 Å². The van der Waals surface area contributed by atoms with Gasteiger partial charge in [0.1, 0.15) is 0 Å². The van der Waals surface area contributed by atoms with Crippen LogP contribution in [0.4, 0.5) is 0 Å². The maximum Gasteiger partial charge on any atom is 0.0963 e. The average Bonchev–Trinajstić information content (AvgIpc) is 3.13. The summed E-state index contributed by atoms with van der Waals surface area (Å²) in [7, 11) is 2.04. The summed E-state index contributed by atoms with van der Waals surface area (Å²) in [6.45, 7) is 0. The monoisotopic (exact) mass is 273 g/mol. The third-order valence-corrected chi connectivity index (χ3v) is 3.81. The van der Waals surface area contributed by atoms with Crippen LogP contribution in [0.25, 0.3) is 33.4 Å². The number of aromatic nitrogens is 3. The Morgan fingerprint density at radius 1 is 0.952 bits per heavy atom. The highest BCUT2D eigenvalue weighted by atomic mass is 15.0. The third kappa shape index (κ3) is 1.94. The smallest absolute Gasteiger partial charge is 0.0963 e. The van der Waals surface area contributed by atoms with E-state index < -0.39 is 0 Å². The van der Waals surface area contributed by atoms with Gasteiger partial charge in [-0.2, -0.15) is 0 Å². The lowest BCUT2D eigenvalue weighted by Gasteiger charge is -2.07. The number of fused-ring (bicyclic) bond motifs is 1. The number of benzene rings is 2. The van der Waals surface area contributed by atoms with Crippen LogP contribution in [-0.2, 0) is 7.05 Å². The van der Waals surface area contributed by atoms with E-state index in [4.69, 9.17) is 0 Å². The summed E-state index contributed by atoms with van der Waals surface area (Å²) in [6, 6.07) is 18.9. The van der Waals surface area contributed by atoms with Crippen LogP contribution in [0.1, 0.15) is 0 Å². The number of hydrogen-bond donors (Lipinski definition) is 1. The molecule has 0 spiro atoms. The largest absolute Gasteiger partial charge is 0.361 e. The quantitative estimate of drug-likeness (QED) is 0.582. The van der Waals surface area contributed by atoms with Crippen molar-refractivity contribution in [2.45, 2.75) is 0 Å². The topological polar surface area (TPSA) is 33.6 Å². The highest BCUT2D eigenvalue weighted by Gasteiger charge is 2.13. The first-order valence-electron chi connectivity index (χ1n) is 6.97. The minimum absolute atomic E-state index is 1.02. The molecule has 0 saturated heterocycles. The van der Waals surface area contributed by atoms with Crippen molar-refractivity contribution in [3.05, 3.63) is 67.1 Å². The Labute approximate surface area is 122 Å². The molecule has 21 heavy (non-hydrogen) atoms. The maximum absolute atomic E-state index is 4.59. The van der Waals surface area contributed by atoms with Gasteiger partial charge in [0.25, 0.3) is 0 Å². The van der Waals surface area contributed by atoms with Gasteiger partial charge in [0.05, 0.1) is 17.7 Å². The summed E-state index contributed by atoms with van der Waals surface area (Å²) in [4.78, 5) is 7.82. The zero-order valence-electron chi connectivity index (χ0n) is 11.7. The van der Waals surface area contributed by atoms with Crippen LogP contribution < -0.4 is 0 Å². The summed E-state index contributed by atoms with van der Waals surface area (Å²) < 4.78 is 2.08. The van der Waals surface area contributed by atoms with Crippen molar-refractivity contribution in [1.82, 2.24) is 14.5 Å². The lowest BCUT2D eigenvalue weighted by Crippen LogP contribution is -1.91. The minimum atomic E-state index is 1.02. The molecule has 3 nitrogen and oxygen atoms in total. The van der Waals surface area contributed by atoms with E-state index in [1.807, 2.05) is 37.8 Å². The molecular formula is C18H15N3. The number of H-pyrrole nitrogens is 1. The molecule has 0 atom stereocenters. The molecule has 0 aliphatic heterocycles. The van der Waals surface area contributed by atoms with E-state index in [1.54, 1.807) is 0 Å². The van der Waals surface area contributed by atoms with Gasteiger partial charge in [0.2, 0.25) is 0 Å². The zero-order chi connectivity index (χ0) is 14.2.